The number of allylic oxidation sites excluding steroid dienone is 1. The van der Waals surface area contributed by atoms with Crippen molar-refractivity contribution in [2.45, 2.75) is 20.0 Å². The number of carbonyl (C=O) groups excluding carboxylic acids is 2. The van der Waals surface area contributed by atoms with E-state index in [0.717, 1.165) is 24.1 Å². The third kappa shape index (κ3) is 4.26. The average Bonchev–Trinajstić information content (AvgIpc) is 2.91. The van der Waals surface area contributed by atoms with Crippen molar-refractivity contribution in [2.24, 2.45) is 0 Å². The topological polar surface area (TPSA) is 55.8 Å². The zero-order valence-corrected chi connectivity index (χ0v) is 15.3. The van der Waals surface area contributed by atoms with E-state index in [0.29, 0.717) is 11.8 Å². The minimum Gasteiger partial charge on any atom is -0.465 e. The zero-order chi connectivity index (χ0) is 20.4. The van der Waals surface area contributed by atoms with Gasteiger partial charge in [0.15, 0.2) is 5.57 Å². The first-order valence-corrected chi connectivity index (χ1v) is 8.44. The Morgan fingerprint density at radius 1 is 1.19 bits per heavy atom. The number of methoxy groups -OCH3 is 1. The van der Waals surface area contributed by atoms with Crippen LogP contribution < -0.4 is 4.90 Å². The standard InChI is InChI=1S/C17H15F4NO4S/c1-4-26-16(24)13-9(2)22(11-7-5-10(18)6-8-11)14(27-13)12(15(23)25-3)17(19,20)21/h5-8H,4H2,1-3H3/b14-12-. The van der Waals surface area contributed by atoms with Gasteiger partial charge in [-0.2, -0.15) is 13.2 Å². The molecule has 5 nitrogen and oxygen atoms in total. The Kier molecular flexibility index (Phi) is 6.19. The van der Waals surface area contributed by atoms with Gasteiger partial charge >= 0.3 is 18.1 Å². The van der Waals surface area contributed by atoms with Gasteiger partial charge in [0.2, 0.25) is 0 Å². The summed E-state index contributed by atoms with van der Waals surface area (Å²) in [6.07, 6.45) is -5.04. The quantitative estimate of drug-likeness (QED) is 0.427. The molecule has 1 aromatic carbocycles. The highest BCUT2D eigenvalue weighted by molar-refractivity contribution is 8.08. The Morgan fingerprint density at radius 3 is 2.26 bits per heavy atom. The molecule has 0 unspecified atom stereocenters. The van der Waals surface area contributed by atoms with Gasteiger partial charge in [-0.3, -0.25) is 0 Å². The highest BCUT2D eigenvalue weighted by atomic mass is 32.2. The number of ether oxygens (including phenoxy) is 2. The molecular formula is C17H15F4NO4S. The van der Waals surface area contributed by atoms with Crippen LogP contribution in [0.25, 0.3) is 0 Å². The van der Waals surface area contributed by atoms with Gasteiger partial charge in [-0.15, -0.1) is 0 Å². The Bertz CT molecular complexity index is 815. The molecule has 0 saturated heterocycles. The average molecular weight is 405 g/mol. The summed E-state index contributed by atoms with van der Waals surface area (Å²) in [6.45, 7) is 2.98. The number of thioether (sulfide) groups is 1. The Morgan fingerprint density at radius 2 is 1.78 bits per heavy atom. The fourth-order valence-corrected chi connectivity index (χ4v) is 3.56. The summed E-state index contributed by atoms with van der Waals surface area (Å²) in [7, 11) is 0.822. The molecule has 0 N–H and O–H groups in total. The molecule has 0 aromatic heterocycles. The summed E-state index contributed by atoms with van der Waals surface area (Å²) >= 11 is 0.449. The van der Waals surface area contributed by atoms with Gasteiger partial charge in [-0.1, -0.05) is 11.8 Å². The molecule has 1 heterocycles. The summed E-state index contributed by atoms with van der Waals surface area (Å²) in [5.41, 5.74) is -1.31. The molecule has 0 atom stereocenters. The maximum absolute atomic E-state index is 13.6. The third-order valence-electron chi connectivity index (χ3n) is 3.50. The number of hydrogen-bond donors (Lipinski definition) is 0. The predicted octanol–water partition coefficient (Wildman–Crippen LogP) is 4.12. The second kappa shape index (κ2) is 8.03. The molecule has 0 amide bonds. The molecule has 0 bridgehead atoms. The number of alkyl halides is 3. The summed E-state index contributed by atoms with van der Waals surface area (Å²) in [6, 6.07) is 4.58. The minimum atomic E-state index is -5.04. The van der Waals surface area contributed by atoms with Crippen molar-refractivity contribution >= 4 is 29.4 Å². The van der Waals surface area contributed by atoms with Crippen LogP contribution in [0.1, 0.15) is 13.8 Å². The van der Waals surface area contributed by atoms with E-state index < -0.39 is 34.5 Å². The van der Waals surface area contributed by atoms with Gasteiger partial charge in [-0.05, 0) is 38.1 Å². The molecule has 0 saturated carbocycles. The molecule has 0 spiro atoms. The van der Waals surface area contributed by atoms with Gasteiger partial charge in [0, 0.05) is 11.4 Å². The summed E-state index contributed by atoms with van der Waals surface area (Å²) < 4.78 is 63.1. The van der Waals surface area contributed by atoms with Crippen molar-refractivity contribution in [3.63, 3.8) is 0 Å². The van der Waals surface area contributed by atoms with Crippen LogP contribution in [0.5, 0.6) is 0 Å². The van der Waals surface area contributed by atoms with Gasteiger partial charge in [0.05, 0.1) is 13.7 Å². The van der Waals surface area contributed by atoms with Crippen molar-refractivity contribution in [1.82, 2.24) is 0 Å². The van der Waals surface area contributed by atoms with Crippen LogP contribution in [0, 0.1) is 5.82 Å². The highest BCUT2D eigenvalue weighted by Gasteiger charge is 2.47. The first kappa shape index (κ1) is 20.8. The fourth-order valence-electron chi connectivity index (χ4n) is 2.35. The summed E-state index contributed by atoms with van der Waals surface area (Å²) in [5, 5.41) is -0.568. The van der Waals surface area contributed by atoms with Crippen molar-refractivity contribution in [3.8, 4) is 0 Å². The summed E-state index contributed by atoms with van der Waals surface area (Å²) in [4.78, 5) is 24.9. The number of anilines is 1. The van der Waals surface area contributed by atoms with Crippen LogP contribution in [0.4, 0.5) is 23.2 Å². The fraction of sp³-hybridized carbons (Fsp3) is 0.294. The molecule has 0 aliphatic carbocycles. The van der Waals surface area contributed by atoms with E-state index in [4.69, 9.17) is 4.74 Å². The van der Waals surface area contributed by atoms with Gasteiger partial charge < -0.3 is 14.4 Å². The van der Waals surface area contributed by atoms with Crippen molar-refractivity contribution in [2.75, 3.05) is 18.6 Å². The number of esters is 2. The Hall–Kier alpha value is -2.49. The smallest absolute Gasteiger partial charge is 0.425 e. The van der Waals surface area contributed by atoms with Crippen LogP contribution in [0.3, 0.4) is 0 Å². The lowest BCUT2D eigenvalue weighted by atomic mass is 10.2. The first-order valence-electron chi connectivity index (χ1n) is 7.63. The van der Waals surface area contributed by atoms with E-state index in [1.165, 1.54) is 19.1 Å². The number of rotatable bonds is 4. The first-order chi connectivity index (χ1) is 12.6. The second-order valence-corrected chi connectivity index (χ2v) is 6.22. The van der Waals surface area contributed by atoms with Crippen LogP contribution in [0.15, 0.2) is 45.5 Å². The largest absolute Gasteiger partial charge is 0.465 e. The number of carbonyl (C=O) groups is 2. The van der Waals surface area contributed by atoms with E-state index in [2.05, 4.69) is 4.74 Å². The van der Waals surface area contributed by atoms with E-state index in [1.54, 1.807) is 6.92 Å². The van der Waals surface area contributed by atoms with E-state index in [1.807, 2.05) is 0 Å². The van der Waals surface area contributed by atoms with Crippen LogP contribution >= 0.6 is 11.8 Å². The molecule has 27 heavy (non-hydrogen) atoms. The van der Waals surface area contributed by atoms with Gasteiger partial charge in [0.1, 0.15) is 15.8 Å². The normalized spacial score (nSPS) is 16.5. The Balaban J connectivity index is 2.71. The zero-order valence-electron chi connectivity index (χ0n) is 14.5. The van der Waals surface area contributed by atoms with Gasteiger partial charge in [0.25, 0.3) is 0 Å². The third-order valence-corrected chi connectivity index (χ3v) is 4.74. The molecule has 10 heteroatoms. The Labute approximate surface area is 156 Å². The van der Waals surface area contributed by atoms with Crippen LogP contribution in [-0.4, -0.2) is 31.8 Å². The van der Waals surface area contributed by atoms with Crippen molar-refractivity contribution in [1.29, 1.82) is 0 Å². The van der Waals surface area contributed by atoms with Crippen molar-refractivity contribution < 1.29 is 36.6 Å². The van der Waals surface area contributed by atoms with E-state index in [-0.39, 0.29) is 22.9 Å². The number of hydrogen-bond acceptors (Lipinski definition) is 6. The molecule has 1 aliphatic rings. The minimum absolute atomic E-state index is 0.0227. The van der Waals surface area contributed by atoms with Crippen molar-refractivity contribution in [3.05, 3.63) is 51.3 Å². The lowest BCUT2D eigenvalue weighted by molar-refractivity contribution is -0.148. The van der Waals surface area contributed by atoms with Gasteiger partial charge in [-0.25, -0.2) is 14.0 Å². The monoisotopic (exact) mass is 405 g/mol. The molecule has 1 aliphatic heterocycles. The number of nitrogens with zero attached hydrogens (tertiary/aromatic N) is 1. The van der Waals surface area contributed by atoms with E-state index in [9.17, 15) is 27.2 Å². The number of benzene rings is 1. The molecule has 2 rings (SSSR count). The second-order valence-electron chi connectivity index (χ2n) is 5.22. The predicted molar refractivity (Wildman–Crippen MR) is 90.9 cm³/mol. The molecule has 1 aromatic rings. The van der Waals surface area contributed by atoms with E-state index >= 15 is 0 Å². The van der Waals surface area contributed by atoms with Crippen LogP contribution in [0.2, 0.25) is 0 Å². The lowest BCUT2D eigenvalue weighted by Crippen LogP contribution is -2.28. The molecular weight excluding hydrogens is 390 g/mol. The highest BCUT2D eigenvalue weighted by Crippen LogP contribution is 2.48. The maximum Gasteiger partial charge on any atom is 0.425 e. The lowest BCUT2D eigenvalue weighted by Gasteiger charge is -2.24. The maximum atomic E-state index is 13.6. The molecule has 0 fully saturated rings. The summed E-state index contributed by atoms with van der Waals surface area (Å²) in [5.74, 6) is -3.02. The SMILES string of the molecule is CCOC(=O)C1=C(C)N(c2ccc(F)cc2)/C(=C(\C(=O)OC)C(F)(F)F)S1. The number of halogens is 4. The van der Waals surface area contributed by atoms with Crippen LogP contribution in [-0.2, 0) is 19.1 Å². The molecule has 146 valence electrons. The molecule has 0 radical (unpaired) electrons.